The van der Waals surface area contributed by atoms with Crippen molar-refractivity contribution < 1.29 is 33.7 Å². The SMILES string of the molecule is CC(=O)Oc1cccc2c1C(=O)[C@@H]1C[C@H](O)[C@@]3(C=O)OC(C)(C)O[C@@]2(C)[C@H]13. The molecule has 1 heterocycles. The topological polar surface area (TPSA) is 99.1 Å². The predicted molar refractivity (Wildman–Crippen MR) is 92.1 cm³/mol. The number of fused-ring (bicyclic) bond motifs is 2. The van der Waals surface area contributed by atoms with Crippen molar-refractivity contribution in [3.63, 3.8) is 0 Å². The lowest BCUT2D eigenvalue weighted by Gasteiger charge is -2.57. The van der Waals surface area contributed by atoms with Crippen molar-refractivity contribution in [3.05, 3.63) is 29.3 Å². The summed E-state index contributed by atoms with van der Waals surface area (Å²) >= 11 is 0. The van der Waals surface area contributed by atoms with Gasteiger partial charge in [0.1, 0.15) is 11.4 Å². The fourth-order valence-corrected chi connectivity index (χ4v) is 5.33. The molecule has 1 N–H and O–H groups in total. The molecule has 2 aliphatic carbocycles. The Balaban J connectivity index is 2.00. The van der Waals surface area contributed by atoms with Crippen LogP contribution in [0.5, 0.6) is 5.75 Å². The molecule has 1 aliphatic heterocycles. The monoisotopic (exact) mass is 374 g/mol. The molecule has 1 aromatic carbocycles. The van der Waals surface area contributed by atoms with Crippen molar-refractivity contribution in [1.82, 2.24) is 0 Å². The molecule has 27 heavy (non-hydrogen) atoms. The zero-order valence-electron chi connectivity index (χ0n) is 15.6. The lowest BCUT2D eigenvalue weighted by molar-refractivity contribution is -0.384. The van der Waals surface area contributed by atoms with Crippen molar-refractivity contribution in [3.8, 4) is 5.75 Å². The third-order valence-electron chi connectivity index (χ3n) is 5.94. The van der Waals surface area contributed by atoms with Crippen LogP contribution in [0, 0.1) is 11.8 Å². The maximum absolute atomic E-state index is 13.3. The second-order valence-electron chi connectivity index (χ2n) is 8.15. The van der Waals surface area contributed by atoms with Gasteiger partial charge in [0.05, 0.1) is 11.7 Å². The zero-order valence-corrected chi connectivity index (χ0v) is 15.6. The number of hydrogen-bond acceptors (Lipinski definition) is 7. The van der Waals surface area contributed by atoms with Gasteiger partial charge < -0.3 is 24.1 Å². The minimum atomic E-state index is -1.54. The van der Waals surface area contributed by atoms with E-state index in [-0.39, 0.29) is 23.5 Å². The number of aliphatic hydroxyl groups is 1. The summed E-state index contributed by atoms with van der Waals surface area (Å²) in [6.07, 6.45) is -0.451. The number of esters is 1. The van der Waals surface area contributed by atoms with Crippen LogP contribution in [0.4, 0.5) is 0 Å². The molecule has 0 aromatic heterocycles. The van der Waals surface area contributed by atoms with Gasteiger partial charge in [0, 0.05) is 18.8 Å². The van der Waals surface area contributed by atoms with E-state index in [1.54, 1.807) is 39.0 Å². The smallest absolute Gasteiger partial charge is 0.308 e. The van der Waals surface area contributed by atoms with E-state index in [2.05, 4.69) is 0 Å². The maximum atomic E-state index is 13.3. The van der Waals surface area contributed by atoms with E-state index in [0.717, 1.165) is 0 Å². The number of hydrogen-bond donors (Lipinski definition) is 1. The average molecular weight is 374 g/mol. The first-order valence-corrected chi connectivity index (χ1v) is 8.96. The molecule has 0 bridgehead atoms. The molecule has 0 radical (unpaired) electrons. The molecule has 3 aliphatic rings. The highest BCUT2D eigenvalue weighted by Gasteiger charge is 2.72. The quantitative estimate of drug-likeness (QED) is 0.478. The van der Waals surface area contributed by atoms with Gasteiger partial charge in [0.25, 0.3) is 0 Å². The van der Waals surface area contributed by atoms with Crippen LogP contribution in [-0.2, 0) is 24.7 Å². The minimum Gasteiger partial charge on any atom is -0.426 e. The highest BCUT2D eigenvalue weighted by atomic mass is 16.7. The van der Waals surface area contributed by atoms with E-state index >= 15 is 0 Å². The minimum absolute atomic E-state index is 0.0745. The molecular formula is C20H22O7. The molecule has 0 amide bonds. The molecule has 7 nitrogen and oxygen atoms in total. The summed E-state index contributed by atoms with van der Waals surface area (Å²) < 4.78 is 17.5. The van der Waals surface area contributed by atoms with Gasteiger partial charge >= 0.3 is 5.97 Å². The van der Waals surface area contributed by atoms with Crippen LogP contribution in [0.25, 0.3) is 0 Å². The second-order valence-corrected chi connectivity index (χ2v) is 8.15. The van der Waals surface area contributed by atoms with Gasteiger partial charge in [-0.1, -0.05) is 12.1 Å². The van der Waals surface area contributed by atoms with Crippen LogP contribution < -0.4 is 4.74 Å². The van der Waals surface area contributed by atoms with Crippen molar-refractivity contribution in [2.24, 2.45) is 11.8 Å². The molecule has 1 aromatic rings. The van der Waals surface area contributed by atoms with Crippen LogP contribution in [0.3, 0.4) is 0 Å². The standard InChI is InChI=1S/C20H22O7/c1-10(22)25-13-7-5-6-12-15(13)16(24)11-8-14(23)20(9-21)17(11)19(12,4)26-18(2,3)27-20/h5-7,9,11,14,17,23H,8H2,1-4H3/t11-,14-,17-,19+,20+/m0/s1. The van der Waals surface area contributed by atoms with Gasteiger partial charge in [-0.15, -0.1) is 0 Å². The predicted octanol–water partition coefficient (Wildman–Crippen LogP) is 1.74. The van der Waals surface area contributed by atoms with E-state index in [1.165, 1.54) is 6.92 Å². The van der Waals surface area contributed by atoms with E-state index in [0.29, 0.717) is 11.8 Å². The largest absolute Gasteiger partial charge is 0.426 e. The Morgan fingerprint density at radius 2 is 2.00 bits per heavy atom. The van der Waals surface area contributed by atoms with E-state index in [1.807, 2.05) is 0 Å². The fourth-order valence-electron chi connectivity index (χ4n) is 5.33. The van der Waals surface area contributed by atoms with Gasteiger partial charge in [-0.05, 0) is 38.8 Å². The molecular weight excluding hydrogens is 352 g/mol. The number of Topliss-reactive ketones (excluding diaryl/α,β-unsaturated/α-hetero) is 1. The Bertz CT molecular complexity index is 860. The summed E-state index contributed by atoms with van der Waals surface area (Å²) in [5.41, 5.74) is -1.82. The Kier molecular flexibility index (Phi) is 3.70. The van der Waals surface area contributed by atoms with Gasteiger partial charge in [-0.3, -0.25) is 9.59 Å². The summed E-state index contributed by atoms with van der Waals surface area (Å²) in [5.74, 6) is -3.19. The summed E-state index contributed by atoms with van der Waals surface area (Å²) in [6.45, 7) is 6.41. The van der Waals surface area contributed by atoms with Crippen LogP contribution in [0.2, 0.25) is 0 Å². The van der Waals surface area contributed by atoms with E-state index in [4.69, 9.17) is 14.2 Å². The Hall–Kier alpha value is -2.09. The summed E-state index contributed by atoms with van der Waals surface area (Å²) in [5, 5.41) is 10.7. The molecule has 1 saturated carbocycles. The van der Waals surface area contributed by atoms with E-state index in [9.17, 15) is 19.5 Å². The molecule has 0 spiro atoms. The Morgan fingerprint density at radius 1 is 1.30 bits per heavy atom. The van der Waals surface area contributed by atoms with Gasteiger partial charge in [0.2, 0.25) is 0 Å². The molecule has 2 fully saturated rings. The lowest BCUT2D eigenvalue weighted by Crippen LogP contribution is -2.67. The molecule has 144 valence electrons. The summed E-state index contributed by atoms with van der Waals surface area (Å²) in [6, 6.07) is 4.97. The first kappa shape index (κ1) is 18.3. The van der Waals surface area contributed by atoms with Crippen LogP contribution in [0.1, 0.15) is 50.0 Å². The second kappa shape index (κ2) is 5.47. The normalized spacial score (nSPS) is 38.7. The number of aldehydes is 1. The van der Waals surface area contributed by atoms with Gasteiger partial charge in [-0.25, -0.2) is 0 Å². The molecule has 1 saturated heterocycles. The number of ether oxygens (including phenoxy) is 3. The number of benzene rings is 1. The van der Waals surface area contributed by atoms with Gasteiger partial charge in [-0.2, -0.15) is 0 Å². The van der Waals surface area contributed by atoms with Crippen LogP contribution in [0.15, 0.2) is 18.2 Å². The van der Waals surface area contributed by atoms with Crippen molar-refractivity contribution >= 4 is 18.0 Å². The maximum Gasteiger partial charge on any atom is 0.308 e. The van der Waals surface area contributed by atoms with Crippen LogP contribution in [-0.4, -0.2) is 40.6 Å². The highest BCUT2D eigenvalue weighted by Crippen LogP contribution is 2.62. The van der Waals surface area contributed by atoms with Crippen molar-refractivity contribution in [2.75, 3.05) is 0 Å². The number of aliphatic hydroxyl groups excluding tert-OH is 1. The Morgan fingerprint density at radius 3 is 2.63 bits per heavy atom. The third kappa shape index (κ3) is 2.28. The third-order valence-corrected chi connectivity index (χ3v) is 5.94. The highest BCUT2D eigenvalue weighted by molar-refractivity contribution is 6.05. The van der Waals surface area contributed by atoms with E-state index < -0.39 is 40.9 Å². The van der Waals surface area contributed by atoms with Crippen molar-refractivity contribution in [1.29, 1.82) is 0 Å². The molecule has 7 heteroatoms. The number of ketones is 1. The van der Waals surface area contributed by atoms with Crippen LogP contribution >= 0.6 is 0 Å². The summed E-state index contributed by atoms with van der Waals surface area (Å²) in [4.78, 5) is 37.0. The van der Waals surface area contributed by atoms with Gasteiger partial charge in [0.15, 0.2) is 23.5 Å². The number of carbonyl (C=O) groups is 3. The van der Waals surface area contributed by atoms with Crippen molar-refractivity contribution in [2.45, 2.75) is 57.2 Å². The zero-order chi connectivity index (χ0) is 19.8. The number of rotatable bonds is 2. The first-order valence-electron chi connectivity index (χ1n) is 8.96. The summed E-state index contributed by atoms with van der Waals surface area (Å²) in [7, 11) is 0. The molecule has 0 unspecified atom stereocenters. The molecule has 4 rings (SSSR count). The Labute approximate surface area is 156 Å². The first-order chi connectivity index (χ1) is 12.6. The fraction of sp³-hybridized carbons (Fsp3) is 0.550. The average Bonchev–Trinajstić information content (AvgIpc) is 2.85. The molecule has 5 atom stereocenters. The number of carbonyl (C=O) groups excluding carboxylic acids is 3. The lowest BCUT2D eigenvalue weighted by atomic mass is 9.62.